The molecular weight excluding hydrogens is 252 g/mol. The Morgan fingerprint density at radius 3 is 2.65 bits per heavy atom. The fraction of sp³-hybridized carbons (Fsp3) is 0.200. The quantitative estimate of drug-likeness (QED) is 0.668. The molecule has 4 nitrogen and oxygen atoms in total. The van der Waals surface area contributed by atoms with Crippen molar-refractivity contribution in [2.75, 3.05) is 7.11 Å². The molecule has 0 fully saturated rings. The van der Waals surface area contributed by atoms with Gasteiger partial charge < -0.3 is 9.47 Å². The van der Waals surface area contributed by atoms with Gasteiger partial charge in [-0.2, -0.15) is 14.0 Å². The number of hydrogen-bond acceptors (Lipinski definition) is 5. The summed E-state index contributed by atoms with van der Waals surface area (Å²) in [5.74, 6) is -1.31. The van der Waals surface area contributed by atoms with E-state index in [0.29, 0.717) is 0 Å². The molecule has 90 valence electrons. The summed E-state index contributed by atoms with van der Waals surface area (Å²) in [5.41, 5.74) is -0.187. The van der Waals surface area contributed by atoms with Crippen molar-refractivity contribution in [3.8, 4) is 11.8 Å². The normalized spacial score (nSPS) is 9.88. The Balaban J connectivity index is 3.36. The van der Waals surface area contributed by atoms with Crippen molar-refractivity contribution in [1.82, 2.24) is 0 Å². The molecule has 0 atom stereocenters. The highest BCUT2D eigenvalue weighted by Gasteiger charge is 2.21. The molecule has 0 aliphatic heterocycles. The molecule has 0 unspecified atom stereocenters. The van der Waals surface area contributed by atoms with Gasteiger partial charge in [0.15, 0.2) is 5.75 Å². The Labute approximate surface area is 101 Å². The number of halogens is 2. The summed E-state index contributed by atoms with van der Waals surface area (Å²) in [5, 5.41) is 8.71. The maximum atomic E-state index is 12.2. The summed E-state index contributed by atoms with van der Waals surface area (Å²) >= 11 is 3.88. The van der Waals surface area contributed by atoms with E-state index in [2.05, 4.69) is 22.1 Å². The van der Waals surface area contributed by atoms with Gasteiger partial charge in [-0.15, -0.1) is 12.6 Å². The molecule has 0 aliphatic rings. The minimum absolute atomic E-state index is 0.0247. The first-order valence-electron chi connectivity index (χ1n) is 4.30. The van der Waals surface area contributed by atoms with Crippen LogP contribution in [0.2, 0.25) is 0 Å². The third kappa shape index (κ3) is 2.85. The van der Waals surface area contributed by atoms with Crippen LogP contribution in [0.4, 0.5) is 8.78 Å². The second-order valence-electron chi connectivity index (χ2n) is 2.82. The molecule has 0 radical (unpaired) electrons. The van der Waals surface area contributed by atoms with E-state index in [1.54, 1.807) is 6.07 Å². The van der Waals surface area contributed by atoms with E-state index in [9.17, 15) is 13.6 Å². The van der Waals surface area contributed by atoms with Gasteiger partial charge >= 0.3 is 12.6 Å². The fourth-order valence-corrected chi connectivity index (χ4v) is 1.44. The SMILES string of the molecule is COC(=O)c1ccc(C#N)c(S)c1OC(F)F. The Kier molecular flexibility index (Phi) is 4.29. The highest BCUT2D eigenvalue weighted by molar-refractivity contribution is 7.80. The third-order valence-electron chi connectivity index (χ3n) is 1.86. The van der Waals surface area contributed by atoms with E-state index in [1.807, 2.05) is 0 Å². The number of carbonyl (C=O) groups is 1. The molecule has 1 aromatic rings. The Bertz CT molecular complexity index is 485. The van der Waals surface area contributed by atoms with Crippen LogP contribution in [0, 0.1) is 11.3 Å². The molecule has 17 heavy (non-hydrogen) atoms. The van der Waals surface area contributed by atoms with Crippen LogP contribution in [0.15, 0.2) is 17.0 Å². The lowest BCUT2D eigenvalue weighted by molar-refractivity contribution is -0.0522. The molecule has 0 aromatic heterocycles. The average molecular weight is 259 g/mol. The van der Waals surface area contributed by atoms with Crippen LogP contribution >= 0.6 is 12.6 Å². The van der Waals surface area contributed by atoms with Gasteiger partial charge in [0.25, 0.3) is 0 Å². The number of nitrogens with zero attached hydrogens (tertiary/aromatic N) is 1. The third-order valence-corrected chi connectivity index (χ3v) is 2.31. The first kappa shape index (κ1) is 13.3. The Hall–Kier alpha value is -1.81. The van der Waals surface area contributed by atoms with Gasteiger partial charge in [-0.05, 0) is 12.1 Å². The second kappa shape index (κ2) is 5.50. The van der Waals surface area contributed by atoms with Crippen molar-refractivity contribution in [3.63, 3.8) is 0 Å². The average Bonchev–Trinajstić information content (AvgIpc) is 2.30. The number of methoxy groups -OCH3 is 1. The summed E-state index contributed by atoms with van der Waals surface area (Å²) in [7, 11) is 1.10. The summed E-state index contributed by atoms with van der Waals surface area (Å²) in [4.78, 5) is 11.2. The molecule has 0 aliphatic carbocycles. The minimum atomic E-state index is -3.13. The molecule has 1 aromatic carbocycles. The van der Waals surface area contributed by atoms with Crippen molar-refractivity contribution in [2.24, 2.45) is 0 Å². The van der Waals surface area contributed by atoms with Crippen molar-refractivity contribution in [2.45, 2.75) is 11.5 Å². The Morgan fingerprint density at radius 2 is 2.18 bits per heavy atom. The maximum Gasteiger partial charge on any atom is 0.387 e. The standard InChI is InChI=1S/C10H7F2NO3S/c1-15-9(14)6-3-2-5(4-13)8(17)7(6)16-10(11)12/h2-3,10,17H,1H3. The van der Waals surface area contributed by atoms with E-state index >= 15 is 0 Å². The van der Waals surface area contributed by atoms with Gasteiger partial charge in [0.1, 0.15) is 11.6 Å². The van der Waals surface area contributed by atoms with Crippen LogP contribution in [0.1, 0.15) is 15.9 Å². The lowest BCUT2D eigenvalue weighted by Gasteiger charge is -2.12. The number of hydrogen-bond donors (Lipinski definition) is 1. The summed E-state index contributed by atoms with van der Waals surface area (Å²) < 4.78 is 33.0. The first-order chi connectivity index (χ1) is 8.01. The zero-order valence-corrected chi connectivity index (χ0v) is 9.50. The van der Waals surface area contributed by atoms with Crippen LogP contribution in [0.5, 0.6) is 5.75 Å². The minimum Gasteiger partial charge on any atom is -0.465 e. The zero-order valence-electron chi connectivity index (χ0n) is 8.61. The number of alkyl halides is 2. The van der Waals surface area contributed by atoms with Gasteiger partial charge in [-0.25, -0.2) is 4.79 Å². The van der Waals surface area contributed by atoms with Crippen molar-refractivity contribution in [1.29, 1.82) is 5.26 Å². The van der Waals surface area contributed by atoms with Crippen LogP contribution in [-0.4, -0.2) is 19.7 Å². The van der Waals surface area contributed by atoms with Gasteiger partial charge in [0, 0.05) is 0 Å². The largest absolute Gasteiger partial charge is 0.465 e. The highest BCUT2D eigenvalue weighted by atomic mass is 32.1. The summed E-state index contributed by atoms with van der Waals surface area (Å²) in [6, 6.07) is 4.18. The zero-order chi connectivity index (χ0) is 13.0. The molecule has 0 saturated heterocycles. The fourth-order valence-electron chi connectivity index (χ4n) is 1.14. The molecule has 0 amide bonds. The van der Waals surface area contributed by atoms with Gasteiger partial charge in [0.2, 0.25) is 0 Å². The van der Waals surface area contributed by atoms with Gasteiger partial charge in [-0.3, -0.25) is 0 Å². The highest BCUT2D eigenvalue weighted by Crippen LogP contribution is 2.32. The molecule has 0 bridgehead atoms. The number of ether oxygens (including phenoxy) is 2. The molecule has 0 saturated carbocycles. The number of thiol groups is 1. The van der Waals surface area contributed by atoms with E-state index < -0.39 is 18.3 Å². The van der Waals surface area contributed by atoms with Crippen molar-refractivity contribution in [3.05, 3.63) is 23.3 Å². The van der Waals surface area contributed by atoms with Crippen LogP contribution in [0.3, 0.4) is 0 Å². The van der Waals surface area contributed by atoms with E-state index in [0.717, 1.165) is 7.11 Å². The predicted molar refractivity (Wildman–Crippen MR) is 56.4 cm³/mol. The lowest BCUT2D eigenvalue weighted by Crippen LogP contribution is -2.10. The predicted octanol–water partition coefficient (Wildman–Crippen LogP) is 2.23. The number of carbonyl (C=O) groups excluding carboxylic acids is 1. The molecule has 1 rings (SSSR count). The second-order valence-corrected chi connectivity index (χ2v) is 3.27. The number of nitriles is 1. The van der Waals surface area contributed by atoms with E-state index in [-0.39, 0.29) is 16.0 Å². The summed E-state index contributed by atoms with van der Waals surface area (Å²) in [6.45, 7) is -3.13. The van der Waals surface area contributed by atoms with Gasteiger partial charge in [-0.1, -0.05) is 0 Å². The van der Waals surface area contributed by atoms with Gasteiger partial charge in [0.05, 0.1) is 17.6 Å². The van der Waals surface area contributed by atoms with E-state index in [1.165, 1.54) is 12.1 Å². The van der Waals surface area contributed by atoms with Crippen molar-refractivity contribution >= 4 is 18.6 Å². The molecule has 0 heterocycles. The number of rotatable bonds is 3. The molecule has 7 heteroatoms. The van der Waals surface area contributed by atoms with Crippen LogP contribution in [0.25, 0.3) is 0 Å². The maximum absolute atomic E-state index is 12.2. The topological polar surface area (TPSA) is 59.3 Å². The molecular formula is C10H7F2NO3S. The number of esters is 1. The van der Waals surface area contributed by atoms with E-state index in [4.69, 9.17) is 5.26 Å². The van der Waals surface area contributed by atoms with Crippen LogP contribution in [-0.2, 0) is 4.74 Å². The first-order valence-corrected chi connectivity index (χ1v) is 4.75. The lowest BCUT2D eigenvalue weighted by atomic mass is 10.1. The monoisotopic (exact) mass is 259 g/mol. The smallest absolute Gasteiger partial charge is 0.387 e. The molecule has 0 N–H and O–H groups in total. The van der Waals surface area contributed by atoms with Crippen molar-refractivity contribution < 1.29 is 23.0 Å². The van der Waals surface area contributed by atoms with Crippen LogP contribution < -0.4 is 4.74 Å². The molecule has 0 spiro atoms. The summed E-state index contributed by atoms with van der Waals surface area (Å²) in [6.07, 6.45) is 0. The Morgan fingerprint density at radius 1 is 1.53 bits per heavy atom. The number of benzene rings is 1.